The van der Waals surface area contributed by atoms with Crippen molar-refractivity contribution >= 4 is 29.3 Å². The Labute approximate surface area is 199 Å². The third-order valence-corrected chi connectivity index (χ3v) is 6.40. The van der Waals surface area contributed by atoms with Crippen LogP contribution in [0.4, 0.5) is 4.79 Å². The molecule has 0 aliphatic heterocycles. The summed E-state index contributed by atoms with van der Waals surface area (Å²) in [5.74, 6) is -1.83. The molecule has 1 heterocycles. The average Bonchev–Trinajstić information content (AvgIpc) is 3.35. The van der Waals surface area contributed by atoms with Gasteiger partial charge in [-0.2, -0.15) is 0 Å². The number of aryl methyl sites for hydroxylation is 1. The van der Waals surface area contributed by atoms with Crippen molar-refractivity contribution in [3.63, 3.8) is 0 Å². The molecule has 2 amide bonds. The van der Waals surface area contributed by atoms with Gasteiger partial charge in [-0.05, 0) is 29.2 Å². The lowest BCUT2D eigenvalue weighted by Crippen LogP contribution is -2.28. The maximum atomic E-state index is 12.3. The number of hydroxylamine groups is 1. The molecular formula is C24H23N3O6S. The van der Waals surface area contributed by atoms with Crippen molar-refractivity contribution in [2.75, 3.05) is 19.8 Å². The molecule has 176 valence electrons. The number of alkyl carbamates (subject to hydrolysis) is 1. The summed E-state index contributed by atoms with van der Waals surface area (Å²) in [5, 5.41) is 11.9. The fourth-order valence-corrected chi connectivity index (χ4v) is 4.83. The Morgan fingerprint density at radius 2 is 1.71 bits per heavy atom. The molecule has 1 aliphatic carbocycles. The lowest BCUT2D eigenvalue weighted by atomic mass is 9.98. The first kappa shape index (κ1) is 23.4. The normalized spacial score (nSPS) is 12.0. The second kappa shape index (κ2) is 10.4. The van der Waals surface area contributed by atoms with E-state index in [4.69, 9.17) is 9.84 Å². The number of carboxylic acids is 1. The molecule has 0 saturated carbocycles. The Morgan fingerprint density at radius 3 is 2.35 bits per heavy atom. The van der Waals surface area contributed by atoms with Crippen LogP contribution in [-0.2, 0) is 20.8 Å². The predicted octanol–water partition coefficient (Wildman–Crippen LogP) is 3.28. The number of carbonyl (C=O) groups is 3. The zero-order chi connectivity index (χ0) is 24.1. The minimum absolute atomic E-state index is 0.0100. The Kier molecular flexibility index (Phi) is 7.19. The van der Waals surface area contributed by atoms with E-state index in [0.717, 1.165) is 11.1 Å². The molecule has 4 rings (SSSR count). The van der Waals surface area contributed by atoms with Gasteiger partial charge in [-0.25, -0.2) is 20.1 Å². The van der Waals surface area contributed by atoms with Gasteiger partial charge in [0, 0.05) is 23.8 Å². The van der Waals surface area contributed by atoms with Crippen LogP contribution < -0.4 is 10.8 Å². The van der Waals surface area contributed by atoms with E-state index in [-0.39, 0.29) is 18.2 Å². The molecule has 3 N–H and O–H groups in total. The number of fused-ring (bicyclic) bond motifs is 3. The fraction of sp³-hybridized carbons (Fsp3) is 0.250. The Bertz CT molecular complexity index is 1180. The number of benzene rings is 2. The fourth-order valence-electron chi connectivity index (χ4n) is 3.90. The number of thiazole rings is 1. The maximum absolute atomic E-state index is 12.3. The number of nitrogens with one attached hydrogen (secondary N) is 2. The smallest absolute Gasteiger partial charge is 0.407 e. The van der Waals surface area contributed by atoms with E-state index in [9.17, 15) is 14.4 Å². The van der Waals surface area contributed by atoms with Crippen LogP contribution >= 0.6 is 11.3 Å². The number of ether oxygens (including phenoxy) is 1. The minimum Gasteiger partial charge on any atom is -0.479 e. The molecule has 0 saturated heterocycles. The molecule has 2 aromatic carbocycles. The van der Waals surface area contributed by atoms with E-state index in [1.807, 2.05) is 24.3 Å². The number of nitrogens with zero attached hydrogens (tertiary/aromatic N) is 1. The lowest BCUT2D eigenvalue weighted by Gasteiger charge is -2.14. The molecule has 0 radical (unpaired) electrons. The van der Waals surface area contributed by atoms with E-state index < -0.39 is 24.6 Å². The molecule has 0 atom stereocenters. The monoisotopic (exact) mass is 481 g/mol. The summed E-state index contributed by atoms with van der Waals surface area (Å²) >= 11 is 1.32. The van der Waals surface area contributed by atoms with Gasteiger partial charge in [0.15, 0.2) is 6.61 Å². The first-order valence-electron chi connectivity index (χ1n) is 10.6. The van der Waals surface area contributed by atoms with E-state index in [2.05, 4.69) is 44.9 Å². The topological polar surface area (TPSA) is 127 Å². The summed E-state index contributed by atoms with van der Waals surface area (Å²) in [6.45, 7) is 1.61. The van der Waals surface area contributed by atoms with Crippen LogP contribution in [0, 0.1) is 6.92 Å². The van der Waals surface area contributed by atoms with Crippen molar-refractivity contribution in [2.24, 2.45) is 0 Å². The molecule has 0 bridgehead atoms. The second-order valence-corrected chi connectivity index (χ2v) is 8.92. The SMILES string of the molecule is Cc1sc(CCNC(=O)OCC2c3ccccc3-c3ccccc32)nc1C(=O)NOCC(=O)O. The van der Waals surface area contributed by atoms with E-state index in [1.54, 1.807) is 6.92 Å². The highest BCUT2D eigenvalue weighted by Crippen LogP contribution is 2.44. The number of aromatic nitrogens is 1. The number of carboxylic acid groups (broad SMARTS) is 1. The lowest BCUT2D eigenvalue weighted by molar-refractivity contribution is -0.144. The highest BCUT2D eigenvalue weighted by molar-refractivity contribution is 7.11. The Balaban J connectivity index is 1.26. The van der Waals surface area contributed by atoms with Crippen molar-refractivity contribution in [2.45, 2.75) is 19.3 Å². The largest absolute Gasteiger partial charge is 0.479 e. The summed E-state index contributed by atoms with van der Waals surface area (Å²) < 4.78 is 5.51. The van der Waals surface area contributed by atoms with Gasteiger partial charge in [0.05, 0.1) is 5.01 Å². The molecule has 0 fully saturated rings. The average molecular weight is 482 g/mol. The van der Waals surface area contributed by atoms with Gasteiger partial charge in [-0.15, -0.1) is 11.3 Å². The van der Waals surface area contributed by atoms with Gasteiger partial charge >= 0.3 is 12.1 Å². The van der Waals surface area contributed by atoms with Crippen LogP contribution in [0.25, 0.3) is 11.1 Å². The van der Waals surface area contributed by atoms with E-state index in [0.29, 0.717) is 22.9 Å². The minimum atomic E-state index is -1.20. The van der Waals surface area contributed by atoms with Gasteiger partial charge in [0.25, 0.3) is 5.91 Å². The zero-order valence-electron chi connectivity index (χ0n) is 18.4. The first-order chi connectivity index (χ1) is 16.4. The van der Waals surface area contributed by atoms with E-state index >= 15 is 0 Å². The summed E-state index contributed by atoms with van der Waals surface area (Å²) in [5.41, 5.74) is 6.83. The van der Waals surface area contributed by atoms with Crippen molar-refractivity contribution in [1.82, 2.24) is 15.8 Å². The van der Waals surface area contributed by atoms with Crippen molar-refractivity contribution in [3.05, 3.63) is 75.2 Å². The maximum Gasteiger partial charge on any atom is 0.407 e. The van der Waals surface area contributed by atoms with E-state index in [1.165, 1.54) is 22.5 Å². The summed E-state index contributed by atoms with van der Waals surface area (Å²) in [7, 11) is 0. The first-order valence-corrected chi connectivity index (χ1v) is 11.4. The number of carbonyl (C=O) groups excluding carboxylic acids is 2. The van der Waals surface area contributed by atoms with Gasteiger partial charge < -0.3 is 15.2 Å². The number of aliphatic carboxylic acids is 1. The van der Waals surface area contributed by atoms with Gasteiger partial charge in [0.1, 0.15) is 12.3 Å². The van der Waals surface area contributed by atoms with Gasteiger partial charge in [-0.1, -0.05) is 48.5 Å². The number of hydrogen-bond acceptors (Lipinski definition) is 7. The van der Waals surface area contributed by atoms with Crippen LogP contribution in [-0.4, -0.2) is 47.8 Å². The standard InChI is InChI=1S/C24H23N3O6S/c1-14-22(23(30)27-33-13-21(28)29)26-20(34-14)10-11-25-24(31)32-12-19-17-8-4-2-6-15(17)16-7-3-5-9-18(16)19/h2-9,19H,10-13H2,1H3,(H,25,31)(H,27,30)(H,28,29). The summed E-state index contributed by atoms with van der Waals surface area (Å²) in [4.78, 5) is 44.3. The van der Waals surface area contributed by atoms with Gasteiger partial charge in [0.2, 0.25) is 0 Å². The van der Waals surface area contributed by atoms with Crippen LogP contribution in [0.2, 0.25) is 0 Å². The van der Waals surface area contributed by atoms with Crippen molar-refractivity contribution < 1.29 is 29.1 Å². The Hall–Kier alpha value is -3.76. The molecule has 0 spiro atoms. The van der Waals surface area contributed by atoms with Crippen molar-refractivity contribution in [3.8, 4) is 11.1 Å². The quantitative estimate of drug-likeness (QED) is 0.400. The molecule has 9 nitrogen and oxygen atoms in total. The highest BCUT2D eigenvalue weighted by Gasteiger charge is 2.29. The zero-order valence-corrected chi connectivity index (χ0v) is 19.2. The van der Waals surface area contributed by atoms with Crippen molar-refractivity contribution in [1.29, 1.82) is 0 Å². The predicted molar refractivity (Wildman–Crippen MR) is 125 cm³/mol. The summed E-state index contributed by atoms with van der Waals surface area (Å²) in [6, 6.07) is 16.3. The molecule has 3 aromatic rings. The third kappa shape index (κ3) is 5.24. The van der Waals surface area contributed by atoms with Gasteiger partial charge in [-0.3, -0.25) is 9.63 Å². The number of hydrogen-bond donors (Lipinski definition) is 3. The molecule has 10 heteroatoms. The van der Waals surface area contributed by atoms with Crippen LogP contribution in [0.15, 0.2) is 48.5 Å². The third-order valence-electron chi connectivity index (χ3n) is 5.37. The molecular weight excluding hydrogens is 458 g/mol. The molecule has 1 aliphatic rings. The second-order valence-electron chi connectivity index (χ2n) is 7.63. The van der Waals surface area contributed by atoms with Crippen LogP contribution in [0.5, 0.6) is 0 Å². The Morgan fingerprint density at radius 1 is 1.06 bits per heavy atom. The number of rotatable bonds is 9. The van der Waals surface area contributed by atoms with Crippen LogP contribution in [0.1, 0.15) is 37.4 Å². The highest BCUT2D eigenvalue weighted by atomic mass is 32.1. The summed E-state index contributed by atoms with van der Waals surface area (Å²) in [6.07, 6.45) is -0.103. The van der Waals surface area contributed by atoms with Crippen LogP contribution in [0.3, 0.4) is 0 Å². The molecule has 0 unspecified atom stereocenters. The molecule has 1 aromatic heterocycles. The number of amides is 2. The molecule has 34 heavy (non-hydrogen) atoms.